The number of rotatable bonds is 16. The highest BCUT2D eigenvalue weighted by Crippen LogP contribution is 2.40. The van der Waals surface area contributed by atoms with Gasteiger partial charge in [-0.15, -0.1) is 23.1 Å². The van der Waals surface area contributed by atoms with Gasteiger partial charge >= 0.3 is 6.09 Å². The number of aliphatic hydroxyl groups is 1. The van der Waals surface area contributed by atoms with Crippen LogP contribution in [0, 0.1) is 12.3 Å². The molecule has 2 aliphatic heterocycles. The molecule has 0 bridgehead atoms. The summed E-state index contributed by atoms with van der Waals surface area (Å²) in [6, 6.07) is 13.5. The van der Waals surface area contributed by atoms with Gasteiger partial charge in [0.15, 0.2) is 5.67 Å². The van der Waals surface area contributed by atoms with Crippen molar-refractivity contribution < 1.29 is 38.5 Å². The van der Waals surface area contributed by atoms with Gasteiger partial charge in [0, 0.05) is 61.4 Å². The number of carbonyl (C=O) groups is 4. The lowest BCUT2D eigenvalue weighted by molar-refractivity contribution is -0.145. The zero-order valence-corrected chi connectivity index (χ0v) is 35.2. The van der Waals surface area contributed by atoms with Crippen molar-refractivity contribution in [2.75, 3.05) is 31.9 Å². The molecule has 3 fully saturated rings. The molecule has 5 N–H and O–H groups in total. The highest BCUT2D eigenvalue weighted by Gasteiger charge is 2.53. The molecule has 314 valence electrons. The molecule has 2 aromatic carbocycles. The van der Waals surface area contributed by atoms with E-state index in [1.54, 1.807) is 38.0 Å². The highest BCUT2D eigenvalue weighted by atomic mass is 32.2. The summed E-state index contributed by atoms with van der Waals surface area (Å²) in [5.41, 5.74) is 1.63. The number of ether oxygens (including phenoxy) is 1. The van der Waals surface area contributed by atoms with Crippen LogP contribution in [0.5, 0.6) is 5.75 Å². The van der Waals surface area contributed by atoms with Crippen molar-refractivity contribution >= 4 is 46.9 Å². The van der Waals surface area contributed by atoms with E-state index in [0.717, 1.165) is 59.1 Å². The quantitative estimate of drug-likeness (QED) is 0.118. The van der Waals surface area contributed by atoms with Gasteiger partial charge < -0.3 is 40.7 Å². The maximum atomic E-state index is 14.6. The van der Waals surface area contributed by atoms with Crippen LogP contribution in [-0.4, -0.2) is 117 Å². The Morgan fingerprint density at radius 3 is 2.45 bits per heavy atom. The van der Waals surface area contributed by atoms with Crippen LogP contribution in [0.4, 0.5) is 9.18 Å². The number of aromatic nitrogens is 1. The number of nitrogens with zero attached hydrogens (tertiary/aromatic N) is 3. The Labute approximate surface area is 347 Å². The number of aryl methyl sites for hydroxylation is 1. The molecule has 3 heterocycles. The third kappa shape index (κ3) is 11.3. The number of carboxylic acid groups (broad SMARTS) is 1. The number of hydrogen-bond acceptors (Lipinski definition) is 10. The van der Waals surface area contributed by atoms with Gasteiger partial charge in [-0.05, 0) is 68.2 Å². The van der Waals surface area contributed by atoms with Gasteiger partial charge in [0.05, 0.1) is 22.2 Å². The van der Waals surface area contributed by atoms with Gasteiger partial charge in [0.2, 0.25) is 11.8 Å². The van der Waals surface area contributed by atoms with Crippen LogP contribution in [0.15, 0.2) is 58.9 Å². The molecular formula is C42H55FN6O7S2. The highest BCUT2D eigenvalue weighted by molar-refractivity contribution is 7.99. The first-order chi connectivity index (χ1) is 27.6. The number of halogens is 1. The number of likely N-dealkylation sites (tertiary alicyclic amines) is 2. The van der Waals surface area contributed by atoms with Crippen molar-refractivity contribution in [1.82, 2.24) is 30.7 Å². The van der Waals surface area contributed by atoms with Crippen molar-refractivity contribution in [3.8, 4) is 16.2 Å². The number of thioether (sulfide) groups is 1. The van der Waals surface area contributed by atoms with Crippen molar-refractivity contribution in [1.29, 1.82) is 0 Å². The molecule has 0 spiro atoms. The first-order valence-corrected chi connectivity index (χ1v) is 21.8. The maximum absolute atomic E-state index is 14.6. The summed E-state index contributed by atoms with van der Waals surface area (Å²) < 4.78 is 21.3. The monoisotopic (exact) mass is 838 g/mol. The zero-order valence-electron chi connectivity index (χ0n) is 33.5. The standard InChI is InChI=1S/C42H55FN6O7S2/c1-26-35(58-25-45-26)27-10-11-28(22-44-37(51)33-21-30(50)23-49(33)38(52)36(41(2,3)4)47-39(53)42(43)15-16-42)34(20-27)56-31-13-18-48(19-14-31)17-12-29(46-40(54)55)24-57-32-8-6-5-7-9-32/h5-11,20,25,29-31,33,36,46,50H,12-19,21-24H2,1-4H3,(H,44,51)(H,47,53)(H,54,55)/t29-,30-,33+,36-/m1/s1. The van der Waals surface area contributed by atoms with E-state index in [1.165, 1.54) is 16.2 Å². The molecule has 16 heteroatoms. The first-order valence-electron chi connectivity index (χ1n) is 20.0. The van der Waals surface area contributed by atoms with Gasteiger partial charge in [-0.2, -0.15) is 0 Å². The molecule has 2 saturated heterocycles. The molecule has 4 amide bonds. The molecule has 6 rings (SSSR count). The minimum absolute atomic E-state index is 0.0277. The molecule has 58 heavy (non-hydrogen) atoms. The average molecular weight is 839 g/mol. The SMILES string of the molecule is Cc1ncsc1-c1ccc(CNC(=O)[C@@H]2C[C@@H](O)CN2C(=O)[C@@H](NC(=O)C2(F)CC2)C(C)(C)C)c(OC2CCN(CC[C@H](CSc3ccccc3)NC(=O)O)CC2)c1. The van der Waals surface area contributed by atoms with E-state index >= 15 is 0 Å². The van der Waals surface area contributed by atoms with E-state index in [2.05, 4.69) is 25.8 Å². The fourth-order valence-electron chi connectivity index (χ4n) is 7.40. The molecule has 4 atom stereocenters. The first kappa shape index (κ1) is 43.3. The molecule has 3 aliphatic rings. The molecule has 13 nitrogen and oxygen atoms in total. The van der Waals surface area contributed by atoms with Gasteiger partial charge in [-0.3, -0.25) is 14.4 Å². The smallest absolute Gasteiger partial charge is 0.404 e. The van der Waals surface area contributed by atoms with Crippen molar-refractivity contribution in [2.45, 2.75) is 114 Å². The third-order valence-electron chi connectivity index (χ3n) is 11.0. The summed E-state index contributed by atoms with van der Waals surface area (Å²) in [5, 5.41) is 28.3. The van der Waals surface area contributed by atoms with Gasteiger partial charge in [-0.25, -0.2) is 14.2 Å². The summed E-state index contributed by atoms with van der Waals surface area (Å²) in [6.07, 6.45) is 0.393. The van der Waals surface area contributed by atoms with Crippen molar-refractivity contribution in [3.63, 3.8) is 0 Å². The second-order valence-corrected chi connectivity index (χ2v) is 18.6. The number of hydrogen-bond donors (Lipinski definition) is 5. The lowest BCUT2D eigenvalue weighted by Crippen LogP contribution is -2.59. The van der Waals surface area contributed by atoms with Crippen LogP contribution < -0.4 is 20.7 Å². The van der Waals surface area contributed by atoms with E-state index in [-0.39, 0.29) is 44.5 Å². The van der Waals surface area contributed by atoms with Crippen LogP contribution >= 0.6 is 23.1 Å². The molecule has 0 unspecified atom stereocenters. The minimum atomic E-state index is -1.97. The average Bonchev–Trinajstić information content (AvgIpc) is 3.60. The van der Waals surface area contributed by atoms with Crippen LogP contribution in [-0.2, 0) is 20.9 Å². The summed E-state index contributed by atoms with van der Waals surface area (Å²) in [7, 11) is 0. The summed E-state index contributed by atoms with van der Waals surface area (Å²) >= 11 is 3.17. The van der Waals surface area contributed by atoms with E-state index in [4.69, 9.17) is 4.74 Å². The number of nitrogens with one attached hydrogen (secondary N) is 3. The Kier molecular flexibility index (Phi) is 14.0. The zero-order chi connectivity index (χ0) is 41.6. The number of aliphatic hydroxyl groups excluding tert-OH is 1. The minimum Gasteiger partial charge on any atom is -0.490 e. The van der Waals surface area contributed by atoms with Crippen LogP contribution in [0.25, 0.3) is 10.4 Å². The van der Waals surface area contributed by atoms with E-state index in [9.17, 15) is 33.8 Å². The van der Waals surface area contributed by atoms with Gasteiger partial charge in [0.25, 0.3) is 5.91 Å². The number of alkyl halides is 1. The van der Waals surface area contributed by atoms with Crippen LogP contribution in [0.3, 0.4) is 0 Å². The number of β-amino-alcohol motifs (C(OH)–C–C–N with tert-alkyl or cyclic N) is 1. The summed E-state index contributed by atoms with van der Waals surface area (Å²) in [6.45, 7) is 9.58. The van der Waals surface area contributed by atoms with E-state index < -0.39 is 53.1 Å². The largest absolute Gasteiger partial charge is 0.490 e. The number of carbonyl (C=O) groups excluding carboxylic acids is 3. The fraction of sp³-hybridized carbons (Fsp3) is 0.548. The molecule has 1 aliphatic carbocycles. The van der Waals surface area contributed by atoms with E-state index in [1.807, 2.05) is 55.5 Å². The molecule has 1 aromatic heterocycles. The Hall–Kier alpha value is -4.25. The topological polar surface area (TPSA) is 173 Å². The molecule has 0 radical (unpaired) electrons. The Morgan fingerprint density at radius 2 is 1.81 bits per heavy atom. The number of benzene rings is 2. The Morgan fingerprint density at radius 1 is 1.09 bits per heavy atom. The maximum Gasteiger partial charge on any atom is 0.404 e. The van der Waals surface area contributed by atoms with Gasteiger partial charge in [0.1, 0.15) is 23.9 Å². The van der Waals surface area contributed by atoms with E-state index in [0.29, 0.717) is 17.9 Å². The van der Waals surface area contributed by atoms with Crippen LogP contribution in [0.2, 0.25) is 0 Å². The Bertz CT molecular complexity index is 1910. The molecule has 3 aromatic rings. The molecular weight excluding hydrogens is 784 g/mol. The van der Waals surface area contributed by atoms with Crippen molar-refractivity contribution in [3.05, 3.63) is 65.3 Å². The van der Waals surface area contributed by atoms with Crippen molar-refractivity contribution in [2.24, 2.45) is 5.41 Å². The predicted octanol–water partition coefficient (Wildman–Crippen LogP) is 5.39. The Balaban J connectivity index is 1.09. The summed E-state index contributed by atoms with van der Waals surface area (Å²) in [4.78, 5) is 62.1. The number of piperidine rings is 1. The lowest BCUT2D eigenvalue weighted by Gasteiger charge is -2.35. The lowest BCUT2D eigenvalue weighted by atomic mass is 9.85. The van der Waals surface area contributed by atoms with Gasteiger partial charge in [-0.1, -0.05) is 51.1 Å². The summed E-state index contributed by atoms with van der Waals surface area (Å²) in [5.74, 6) is -0.555. The third-order valence-corrected chi connectivity index (χ3v) is 13.2. The normalized spacial score (nSPS) is 20.6. The second kappa shape index (κ2) is 18.8. The molecule has 1 saturated carbocycles. The number of thiazole rings is 1. The number of amides is 4. The van der Waals surface area contributed by atoms with Crippen LogP contribution in [0.1, 0.15) is 70.6 Å². The predicted molar refractivity (Wildman–Crippen MR) is 222 cm³/mol. The fourth-order valence-corrected chi connectivity index (χ4v) is 9.20. The second-order valence-electron chi connectivity index (χ2n) is 16.7.